The lowest BCUT2D eigenvalue weighted by molar-refractivity contribution is -0.155. The van der Waals surface area contributed by atoms with Gasteiger partial charge in [-0.25, -0.2) is 0 Å². The molecule has 0 amide bonds. The molecule has 3 atom stereocenters. The molecule has 0 aromatic carbocycles. The van der Waals surface area contributed by atoms with Crippen LogP contribution in [0.15, 0.2) is 0 Å². The second-order valence-electron chi connectivity index (χ2n) is 5.78. The predicted molar refractivity (Wildman–Crippen MR) is 70.4 cm³/mol. The highest BCUT2D eigenvalue weighted by molar-refractivity contribution is 5.77. The van der Waals surface area contributed by atoms with Crippen molar-refractivity contribution in [3.8, 4) is 0 Å². The Morgan fingerprint density at radius 1 is 1.11 bits per heavy atom. The molecule has 2 bridgehead atoms. The lowest BCUT2D eigenvalue weighted by Gasteiger charge is -2.21. The van der Waals surface area contributed by atoms with Gasteiger partial charge in [0, 0.05) is 0 Å². The maximum Gasteiger partial charge on any atom is 0.306 e. The number of carbonyl (C=O) groups is 2. The molecule has 0 saturated heterocycles. The summed E-state index contributed by atoms with van der Waals surface area (Å²) in [5.41, 5.74) is 0. The van der Waals surface area contributed by atoms with Crippen LogP contribution in [0.1, 0.15) is 58.3 Å². The average Bonchev–Trinajstić information content (AvgIpc) is 2.99. The van der Waals surface area contributed by atoms with E-state index >= 15 is 0 Å². The molecule has 0 spiro atoms. The first-order valence-corrected chi connectivity index (χ1v) is 7.54. The summed E-state index contributed by atoms with van der Waals surface area (Å²) in [7, 11) is 0. The van der Waals surface area contributed by atoms with Gasteiger partial charge in [-0.05, 0) is 43.9 Å². The number of hydrogen-bond acceptors (Lipinski definition) is 4. The number of esters is 2. The molecule has 0 radical (unpaired) electrons. The zero-order valence-corrected chi connectivity index (χ0v) is 11.7. The van der Waals surface area contributed by atoms with E-state index in [0.717, 1.165) is 25.2 Å². The van der Waals surface area contributed by atoms with E-state index in [9.17, 15) is 9.59 Å². The Kier molecular flexibility index (Phi) is 5.23. The summed E-state index contributed by atoms with van der Waals surface area (Å²) in [4.78, 5) is 23.0. The van der Waals surface area contributed by atoms with Crippen molar-refractivity contribution in [3.63, 3.8) is 0 Å². The van der Waals surface area contributed by atoms with Crippen molar-refractivity contribution in [2.45, 2.75) is 64.4 Å². The summed E-state index contributed by atoms with van der Waals surface area (Å²) in [6.45, 7) is 2.50. The van der Waals surface area contributed by atoms with Crippen molar-refractivity contribution >= 4 is 11.9 Å². The Morgan fingerprint density at radius 3 is 2.53 bits per heavy atom. The average molecular weight is 268 g/mol. The summed E-state index contributed by atoms with van der Waals surface area (Å²) in [5, 5.41) is 0. The van der Waals surface area contributed by atoms with Gasteiger partial charge < -0.3 is 9.47 Å². The van der Waals surface area contributed by atoms with E-state index in [1.165, 1.54) is 19.3 Å². The fourth-order valence-electron chi connectivity index (χ4n) is 3.17. The minimum absolute atomic E-state index is 0.113. The number of unbranched alkanes of at least 4 members (excludes halogenated alkanes) is 1. The molecular weight excluding hydrogens is 244 g/mol. The minimum Gasteiger partial charge on any atom is -0.466 e. The summed E-state index contributed by atoms with van der Waals surface area (Å²) in [6, 6.07) is 0. The zero-order chi connectivity index (χ0) is 13.7. The van der Waals surface area contributed by atoms with E-state index in [4.69, 9.17) is 9.47 Å². The molecule has 4 heteroatoms. The lowest BCUT2D eigenvalue weighted by Crippen LogP contribution is -2.24. The van der Waals surface area contributed by atoms with E-state index in [1.54, 1.807) is 0 Å². The Balaban J connectivity index is 1.58. The standard InChI is InChI=1S/C15H24O4/c1-2-3-8-18-14(16)6-7-15(17)19-13-10-11-4-5-12(13)9-11/h11-13H,2-10H2,1H3. The van der Waals surface area contributed by atoms with Gasteiger partial charge in [0.25, 0.3) is 0 Å². The van der Waals surface area contributed by atoms with E-state index in [0.29, 0.717) is 12.5 Å². The van der Waals surface area contributed by atoms with Gasteiger partial charge in [0.15, 0.2) is 0 Å². The molecule has 2 fully saturated rings. The van der Waals surface area contributed by atoms with Gasteiger partial charge >= 0.3 is 11.9 Å². The van der Waals surface area contributed by atoms with Crippen LogP contribution in [0, 0.1) is 11.8 Å². The van der Waals surface area contributed by atoms with Gasteiger partial charge in [-0.2, -0.15) is 0 Å². The van der Waals surface area contributed by atoms with Crippen molar-refractivity contribution in [1.82, 2.24) is 0 Å². The summed E-state index contributed by atoms with van der Waals surface area (Å²) >= 11 is 0. The van der Waals surface area contributed by atoms with E-state index < -0.39 is 0 Å². The first-order valence-electron chi connectivity index (χ1n) is 7.54. The molecule has 3 unspecified atom stereocenters. The normalized spacial score (nSPS) is 28.4. The monoisotopic (exact) mass is 268 g/mol. The molecule has 2 aliphatic carbocycles. The Hall–Kier alpha value is -1.06. The van der Waals surface area contributed by atoms with Crippen LogP contribution in [0.2, 0.25) is 0 Å². The molecule has 0 aromatic rings. The molecule has 0 aromatic heterocycles. The third kappa shape index (κ3) is 4.22. The molecule has 0 N–H and O–H groups in total. The van der Waals surface area contributed by atoms with Gasteiger partial charge in [0.05, 0.1) is 19.4 Å². The number of ether oxygens (including phenoxy) is 2. The summed E-state index contributed by atoms with van der Waals surface area (Å²) in [6.07, 6.45) is 7.02. The SMILES string of the molecule is CCCCOC(=O)CCC(=O)OC1CC2CCC1C2. The van der Waals surface area contributed by atoms with E-state index in [1.807, 2.05) is 6.92 Å². The van der Waals surface area contributed by atoms with Gasteiger partial charge in [-0.3, -0.25) is 9.59 Å². The van der Waals surface area contributed by atoms with Gasteiger partial charge in [-0.15, -0.1) is 0 Å². The highest BCUT2D eigenvalue weighted by Crippen LogP contribution is 2.45. The summed E-state index contributed by atoms with van der Waals surface area (Å²) < 4.78 is 10.5. The zero-order valence-electron chi connectivity index (χ0n) is 11.7. The Morgan fingerprint density at radius 2 is 1.89 bits per heavy atom. The molecule has 2 rings (SSSR count). The maximum absolute atomic E-state index is 11.7. The minimum atomic E-state index is -0.293. The predicted octanol–water partition coefficient (Wildman–Crippen LogP) is 2.84. The quantitative estimate of drug-likeness (QED) is 0.526. The van der Waals surface area contributed by atoms with Crippen molar-refractivity contribution in [1.29, 1.82) is 0 Å². The summed E-state index contributed by atoms with van der Waals surface area (Å²) in [5.74, 6) is 0.801. The highest BCUT2D eigenvalue weighted by Gasteiger charge is 2.41. The smallest absolute Gasteiger partial charge is 0.306 e. The van der Waals surface area contributed by atoms with Crippen molar-refractivity contribution < 1.29 is 19.1 Å². The topological polar surface area (TPSA) is 52.6 Å². The first-order chi connectivity index (χ1) is 9.19. The molecular formula is C15H24O4. The van der Waals surface area contributed by atoms with E-state index in [-0.39, 0.29) is 30.9 Å². The fraction of sp³-hybridized carbons (Fsp3) is 0.867. The molecule has 0 aliphatic heterocycles. The molecule has 19 heavy (non-hydrogen) atoms. The largest absolute Gasteiger partial charge is 0.466 e. The van der Waals surface area contributed by atoms with Crippen LogP contribution in [0.5, 0.6) is 0 Å². The van der Waals surface area contributed by atoms with Gasteiger partial charge in [0.1, 0.15) is 6.10 Å². The highest BCUT2D eigenvalue weighted by atomic mass is 16.5. The molecule has 2 aliphatic rings. The van der Waals surface area contributed by atoms with E-state index in [2.05, 4.69) is 0 Å². The Labute approximate surface area is 114 Å². The van der Waals surface area contributed by atoms with Crippen LogP contribution >= 0.6 is 0 Å². The van der Waals surface area contributed by atoms with Crippen LogP contribution in [-0.2, 0) is 19.1 Å². The second kappa shape index (κ2) is 6.92. The van der Waals surface area contributed by atoms with Crippen molar-refractivity contribution in [3.05, 3.63) is 0 Å². The molecule has 2 saturated carbocycles. The Bertz CT molecular complexity index is 326. The third-order valence-electron chi connectivity index (χ3n) is 4.25. The van der Waals surface area contributed by atoms with Crippen LogP contribution in [0.4, 0.5) is 0 Å². The number of hydrogen-bond donors (Lipinski definition) is 0. The van der Waals surface area contributed by atoms with Crippen LogP contribution in [0.3, 0.4) is 0 Å². The fourth-order valence-corrected chi connectivity index (χ4v) is 3.17. The third-order valence-corrected chi connectivity index (χ3v) is 4.25. The molecule has 4 nitrogen and oxygen atoms in total. The molecule has 108 valence electrons. The number of carbonyl (C=O) groups excluding carboxylic acids is 2. The van der Waals surface area contributed by atoms with Crippen molar-refractivity contribution in [2.24, 2.45) is 11.8 Å². The maximum atomic E-state index is 11.7. The van der Waals surface area contributed by atoms with Gasteiger partial charge in [-0.1, -0.05) is 13.3 Å². The number of rotatable bonds is 7. The first kappa shape index (κ1) is 14.4. The van der Waals surface area contributed by atoms with Crippen LogP contribution in [-0.4, -0.2) is 24.6 Å². The second-order valence-corrected chi connectivity index (χ2v) is 5.78. The molecule has 0 heterocycles. The van der Waals surface area contributed by atoms with Crippen LogP contribution < -0.4 is 0 Å². The van der Waals surface area contributed by atoms with Crippen LogP contribution in [0.25, 0.3) is 0 Å². The van der Waals surface area contributed by atoms with Gasteiger partial charge in [0.2, 0.25) is 0 Å². The number of fused-ring (bicyclic) bond motifs is 2. The lowest BCUT2D eigenvalue weighted by atomic mass is 9.98. The van der Waals surface area contributed by atoms with Crippen molar-refractivity contribution in [2.75, 3.05) is 6.61 Å².